The summed E-state index contributed by atoms with van der Waals surface area (Å²) in [7, 11) is 1.59. The highest BCUT2D eigenvalue weighted by molar-refractivity contribution is 6.17. The third kappa shape index (κ3) is 5.30. The Bertz CT molecular complexity index is 486. The maximum Gasteiger partial charge on any atom is 0.343 e. The standard InChI is InChI=1S/C16H21NO4/c1-4-6-15(18)14(16(19)21-5-2)11-17-12-7-9-13(20-3)10-8-12/h7-11,17H,4-6H2,1-3H3/b14-11-. The monoisotopic (exact) mass is 291 g/mol. The fourth-order valence-electron chi connectivity index (χ4n) is 1.67. The summed E-state index contributed by atoms with van der Waals surface area (Å²) >= 11 is 0. The lowest BCUT2D eigenvalue weighted by Gasteiger charge is -2.07. The average Bonchev–Trinajstić information content (AvgIpc) is 2.48. The molecular formula is C16H21NO4. The number of nitrogens with one attached hydrogen (secondary N) is 1. The summed E-state index contributed by atoms with van der Waals surface area (Å²) in [6.45, 7) is 3.83. The quantitative estimate of drug-likeness (QED) is 0.345. The molecule has 0 radical (unpaired) electrons. The number of ether oxygens (including phenoxy) is 2. The number of benzene rings is 1. The minimum Gasteiger partial charge on any atom is -0.497 e. The van der Waals surface area contributed by atoms with Crippen molar-refractivity contribution in [2.75, 3.05) is 19.0 Å². The van der Waals surface area contributed by atoms with Gasteiger partial charge in [0.25, 0.3) is 0 Å². The van der Waals surface area contributed by atoms with Crippen molar-refractivity contribution < 1.29 is 19.1 Å². The van der Waals surface area contributed by atoms with Crippen LogP contribution in [-0.2, 0) is 14.3 Å². The van der Waals surface area contributed by atoms with Crippen LogP contribution in [0.25, 0.3) is 0 Å². The van der Waals surface area contributed by atoms with E-state index in [-0.39, 0.29) is 18.0 Å². The van der Waals surface area contributed by atoms with E-state index >= 15 is 0 Å². The number of carbonyl (C=O) groups excluding carboxylic acids is 2. The number of hydrogen-bond donors (Lipinski definition) is 1. The molecule has 21 heavy (non-hydrogen) atoms. The Hall–Kier alpha value is -2.30. The van der Waals surface area contributed by atoms with Crippen molar-refractivity contribution in [1.29, 1.82) is 0 Å². The smallest absolute Gasteiger partial charge is 0.343 e. The first-order chi connectivity index (χ1) is 10.1. The Labute approximate surface area is 124 Å². The normalized spacial score (nSPS) is 10.9. The zero-order chi connectivity index (χ0) is 15.7. The third-order valence-corrected chi connectivity index (χ3v) is 2.75. The lowest BCUT2D eigenvalue weighted by Crippen LogP contribution is -2.17. The summed E-state index contributed by atoms with van der Waals surface area (Å²) < 4.78 is 9.97. The van der Waals surface area contributed by atoms with E-state index in [4.69, 9.17) is 9.47 Å². The molecule has 0 bridgehead atoms. The number of carbonyl (C=O) groups is 2. The zero-order valence-electron chi connectivity index (χ0n) is 12.6. The number of hydrogen-bond acceptors (Lipinski definition) is 5. The molecule has 1 rings (SSSR count). The van der Waals surface area contributed by atoms with E-state index in [2.05, 4.69) is 5.32 Å². The molecule has 0 saturated carbocycles. The minimum atomic E-state index is -0.600. The van der Waals surface area contributed by atoms with Gasteiger partial charge in [-0.15, -0.1) is 0 Å². The molecule has 0 amide bonds. The van der Waals surface area contributed by atoms with Gasteiger partial charge in [0.2, 0.25) is 0 Å². The van der Waals surface area contributed by atoms with Gasteiger partial charge >= 0.3 is 5.97 Å². The van der Waals surface area contributed by atoms with E-state index in [1.54, 1.807) is 38.3 Å². The Kier molecular flexibility index (Phi) is 7.01. The van der Waals surface area contributed by atoms with Crippen LogP contribution in [0.15, 0.2) is 36.0 Å². The number of Topliss-reactive ketones (excluding diaryl/α,β-unsaturated/α-hetero) is 1. The van der Waals surface area contributed by atoms with E-state index in [9.17, 15) is 9.59 Å². The first-order valence-corrected chi connectivity index (χ1v) is 6.93. The molecule has 0 spiro atoms. The highest BCUT2D eigenvalue weighted by Gasteiger charge is 2.18. The molecule has 0 heterocycles. The van der Waals surface area contributed by atoms with Crippen LogP contribution >= 0.6 is 0 Å². The van der Waals surface area contributed by atoms with Gasteiger partial charge in [-0.3, -0.25) is 4.79 Å². The molecule has 5 nitrogen and oxygen atoms in total. The summed E-state index contributed by atoms with van der Waals surface area (Å²) in [5, 5.41) is 2.94. The Balaban J connectivity index is 2.85. The molecule has 0 aliphatic heterocycles. The second-order valence-electron chi connectivity index (χ2n) is 4.32. The van der Waals surface area contributed by atoms with E-state index in [1.165, 1.54) is 6.20 Å². The number of methoxy groups -OCH3 is 1. The molecule has 0 atom stereocenters. The summed E-state index contributed by atoms with van der Waals surface area (Å²) in [6.07, 6.45) is 2.39. The second-order valence-corrected chi connectivity index (χ2v) is 4.32. The van der Waals surface area contributed by atoms with Gasteiger partial charge in [-0.1, -0.05) is 6.92 Å². The van der Waals surface area contributed by atoms with Crippen LogP contribution < -0.4 is 10.1 Å². The van der Waals surface area contributed by atoms with Gasteiger partial charge in [0.15, 0.2) is 5.78 Å². The first kappa shape index (κ1) is 16.8. The molecule has 1 aromatic rings. The second kappa shape index (κ2) is 8.79. The Morgan fingerprint density at radius 1 is 1.19 bits per heavy atom. The molecule has 0 saturated heterocycles. The van der Waals surface area contributed by atoms with Gasteiger partial charge < -0.3 is 14.8 Å². The van der Waals surface area contributed by atoms with E-state index in [0.29, 0.717) is 12.8 Å². The predicted molar refractivity (Wildman–Crippen MR) is 81.2 cm³/mol. The van der Waals surface area contributed by atoms with Crippen molar-refractivity contribution in [2.45, 2.75) is 26.7 Å². The molecular weight excluding hydrogens is 270 g/mol. The molecule has 0 unspecified atom stereocenters. The SMILES string of the molecule is CCCC(=O)/C(=C/Nc1ccc(OC)cc1)C(=O)OCC. The number of ketones is 1. The van der Waals surface area contributed by atoms with Gasteiger partial charge in [0, 0.05) is 18.3 Å². The fraction of sp³-hybridized carbons (Fsp3) is 0.375. The van der Waals surface area contributed by atoms with Crippen molar-refractivity contribution in [3.05, 3.63) is 36.0 Å². The summed E-state index contributed by atoms with van der Waals surface area (Å²) in [5.74, 6) is -0.0915. The predicted octanol–water partition coefficient (Wildman–Crippen LogP) is 2.92. The third-order valence-electron chi connectivity index (χ3n) is 2.75. The van der Waals surface area contributed by atoms with Crippen LogP contribution in [0.4, 0.5) is 5.69 Å². The van der Waals surface area contributed by atoms with Crippen molar-refractivity contribution >= 4 is 17.4 Å². The van der Waals surface area contributed by atoms with Crippen LogP contribution in [0.2, 0.25) is 0 Å². The molecule has 114 valence electrons. The lowest BCUT2D eigenvalue weighted by atomic mass is 10.1. The minimum absolute atomic E-state index is 0.0366. The highest BCUT2D eigenvalue weighted by Crippen LogP contribution is 2.16. The van der Waals surface area contributed by atoms with Crippen LogP contribution in [-0.4, -0.2) is 25.5 Å². The first-order valence-electron chi connectivity index (χ1n) is 6.93. The van der Waals surface area contributed by atoms with Gasteiger partial charge in [-0.2, -0.15) is 0 Å². The van der Waals surface area contributed by atoms with Gasteiger partial charge in [0.05, 0.1) is 13.7 Å². The maximum atomic E-state index is 12.0. The van der Waals surface area contributed by atoms with Crippen LogP contribution in [0.3, 0.4) is 0 Å². The molecule has 0 aliphatic rings. The van der Waals surface area contributed by atoms with E-state index in [1.807, 2.05) is 6.92 Å². The largest absolute Gasteiger partial charge is 0.497 e. The van der Waals surface area contributed by atoms with Crippen LogP contribution in [0, 0.1) is 0 Å². The number of rotatable bonds is 8. The molecule has 0 aromatic heterocycles. The molecule has 0 aliphatic carbocycles. The highest BCUT2D eigenvalue weighted by atomic mass is 16.5. The van der Waals surface area contributed by atoms with Crippen LogP contribution in [0.5, 0.6) is 5.75 Å². The van der Waals surface area contributed by atoms with Crippen molar-refractivity contribution in [3.63, 3.8) is 0 Å². The van der Waals surface area contributed by atoms with E-state index < -0.39 is 5.97 Å². The molecule has 1 aromatic carbocycles. The lowest BCUT2D eigenvalue weighted by molar-refractivity contribution is -0.140. The topological polar surface area (TPSA) is 64.6 Å². The summed E-state index contributed by atoms with van der Waals surface area (Å²) in [5.41, 5.74) is 0.788. The van der Waals surface area contributed by atoms with Gasteiger partial charge in [-0.05, 0) is 37.6 Å². The Morgan fingerprint density at radius 3 is 2.38 bits per heavy atom. The fourth-order valence-corrected chi connectivity index (χ4v) is 1.67. The average molecular weight is 291 g/mol. The summed E-state index contributed by atoms with van der Waals surface area (Å²) in [6, 6.07) is 7.16. The van der Waals surface area contributed by atoms with Crippen LogP contribution in [0.1, 0.15) is 26.7 Å². The van der Waals surface area contributed by atoms with Gasteiger partial charge in [0.1, 0.15) is 11.3 Å². The van der Waals surface area contributed by atoms with Gasteiger partial charge in [-0.25, -0.2) is 4.79 Å². The zero-order valence-corrected chi connectivity index (χ0v) is 12.6. The molecule has 0 fully saturated rings. The number of anilines is 1. The number of esters is 1. The molecule has 5 heteroatoms. The van der Waals surface area contributed by atoms with Crippen molar-refractivity contribution in [1.82, 2.24) is 0 Å². The maximum absolute atomic E-state index is 12.0. The van der Waals surface area contributed by atoms with Crippen molar-refractivity contribution in [3.8, 4) is 5.75 Å². The Morgan fingerprint density at radius 2 is 1.86 bits per heavy atom. The van der Waals surface area contributed by atoms with Crippen molar-refractivity contribution in [2.24, 2.45) is 0 Å². The van der Waals surface area contributed by atoms with E-state index in [0.717, 1.165) is 11.4 Å². The summed E-state index contributed by atoms with van der Waals surface area (Å²) in [4.78, 5) is 23.8. The molecule has 1 N–H and O–H groups in total.